The maximum Gasteiger partial charge on any atom is 0.335 e. The number of piperidine rings is 1. The average molecular weight is 520 g/mol. The first-order chi connectivity index (χ1) is 17.1. The van der Waals surface area contributed by atoms with Crippen molar-refractivity contribution in [3.8, 4) is 5.75 Å². The molecule has 0 aromatic heterocycles. The van der Waals surface area contributed by atoms with Crippen LogP contribution in [0.5, 0.6) is 5.75 Å². The van der Waals surface area contributed by atoms with E-state index in [2.05, 4.69) is 5.32 Å². The number of nitrogens with zero attached hydrogens (tertiary/aromatic N) is 2. The van der Waals surface area contributed by atoms with Crippen molar-refractivity contribution >= 4 is 21.7 Å². The predicted molar refractivity (Wildman–Crippen MR) is 133 cm³/mol. The molecule has 10 nitrogen and oxygen atoms in total. The molecule has 1 saturated heterocycles. The smallest absolute Gasteiger partial charge is 0.335 e. The van der Waals surface area contributed by atoms with E-state index in [1.807, 2.05) is 30.0 Å². The van der Waals surface area contributed by atoms with Gasteiger partial charge in [0.05, 0.1) is 0 Å². The third kappa shape index (κ3) is 5.65. The number of benzene rings is 2. The maximum absolute atomic E-state index is 13.2. The van der Waals surface area contributed by atoms with Crippen LogP contribution in [-0.2, 0) is 34.3 Å². The first-order valence-corrected chi connectivity index (χ1v) is 13.5. The Bertz CT molecular complexity index is 1210. The number of nitrogens with one attached hydrogen (secondary N) is 1. The van der Waals surface area contributed by atoms with Crippen molar-refractivity contribution in [1.29, 1.82) is 0 Å². The van der Waals surface area contributed by atoms with E-state index in [9.17, 15) is 28.5 Å². The molecule has 2 atom stereocenters. The van der Waals surface area contributed by atoms with Crippen LogP contribution in [0.25, 0.3) is 0 Å². The molecular formula is C25H33N3O7S. The van der Waals surface area contributed by atoms with Crippen LogP contribution in [0, 0.1) is 0 Å². The van der Waals surface area contributed by atoms with E-state index in [0.717, 1.165) is 35.2 Å². The molecule has 2 aromatic rings. The number of β-amino-alcohol motifs (C(OH)–C–C–N with tert-alkyl or cyclic N) is 1. The summed E-state index contributed by atoms with van der Waals surface area (Å²) in [6.45, 7) is 3.81. The fraction of sp³-hybridized carbons (Fsp3) is 0.480. The number of phenols is 1. The van der Waals surface area contributed by atoms with Crippen molar-refractivity contribution in [2.75, 3.05) is 25.0 Å². The van der Waals surface area contributed by atoms with Gasteiger partial charge in [0, 0.05) is 44.5 Å². The van der Waals surface area contributed by atoms with Gasteiger partial charge in [0.25, 0.3) is 0 Å². The van der Waals surface area contributed by atoms with E-state index < -0.39 is 28.2 Å². The highest BCUT2D eigenvalue weighted by atomic mass is 32.2. The molecule has 11 heteroatoms. The quantitative estimate of drug-likeness (QED) is 0.331. The van der Waals surface area contributed by atoms with Crippen molar-refractivity contribution in [3.05, 3.63) is 53.1 Å². The average Bonchev–Trinajstić information content (AvgIpc) is 3.29. The second-order valence-corrected chi connectivity index (χ2v) is 11.4. The zero-order valence-electron chi connectivity index (χ0n) is 20.2. The minimum atomic E-state index is -3.85. The number of rotatable bonds is 9. The van der Waals surface area contributed by atoms with Gasteiger partial charge in [-0.3, -0.25) is 0 Å². The summed E-state index contributed by atoms with van der Waals surface area (Å²) in [5.74, 6) is -1.67. The van der Waals surface area contributed by atoms with Crippen LogP contribution in [-0.4, -0.2) is 81.9 Å². The molecule has 2 unspecified atom stereocenters. The summed E-state index contributed by atoms with van der Waals surface area (Å²) in [7, 11) is -3.85. The zero-order valence-corrected chi connectivity index (χ0v) is 21.0. The molecule has 0 amide bonds. The number of fused-ring (bicyclic) bond motifs is 1. The van der Waals surface area contributed by atoms with Gasteiger partial charge in [-0.05, 0) is 60.2 Å². The summed E-state index contributed by atoms with van der Waals surface area (Å²) in [6.07, 6.45) is -0.876. The van der Waals surface area contributed by atoms with Crippen LogP contribution in [0.3, 0.4) is 0 Å². The first kappa shape index (κ1) is 26.4. The van der Waals surface area contributed by atoms with Crippen molar-refractivity contribution in [3.63, 3.8) is 0 Å². The van der Waals surface area contributed by atoms with Crippen LogP contribution in [0.15, 0.2) is 41.3 Å². The Hall–Kier alpha value is -2.70. The second-order valence-electron chi connectivity index (χ2n) is 9.48. The standard InChI is InChI=1S/C25H33N3O7S/c1-2-16-3-6-23(21(29)11-16)36(34,35)28-13-17-4-5-20(12-18(17)14-28)26-19-7-9-27(10-8-19)15-22(30)24(31)25(32)33/h3-6,11-12,19,22,24,26,29-31H,2,7-10,13-15H2,1H3,(H,32,33). The van der Waals surface area contributed by atoms with Crippen LogP contribution in [0.2, 0.25) is 0 Å². The van der Waals surface area contributed by atoms with E-state index in [1.54, 1.807) is 6.07 Å². The predicted octanol–water partition coefficient (Wildman–Crippen LogP) is 1.34. The van der Waals surface area contributed by atoms with Gasteiger partial charge in [-0.25, -0.2) is 13.2 Å². The van der Waals surface area contributed by atoms with Crippen LogP contribution in [0.4, 0.5) is 5.69 Å². The van der Waals surface area contributed by atoms with Crippen LogP contribution < -0.4 is 5.32 Å². The molecule has 0 aliphatic carbocycles. The third-order valence-corrected chi connectivity index (χ3v) is 8.81. The van der Waals surface area contributed by atoms with E-state index in [4.69, 9.17) is 5.11 Å². The van der Waals surface area contributed by atoms with E-state index >= 15 is 0 Å². The number of hydrogen-bond donors (Lipinski definition) is 5. The Morgan fingerprint density at radius 2 is 1.78 bits per heavy atom. The highest BCUT2D eigenvalue weighted by molar-refractivity contribution is 7.89. The number of phenolic OH excluding ortho intramolecular Hbond substituents is 1. The number of anilines is 1. The van der Waals surface area contributed by atoms with Crippen LogP contribution >= 0.6 is 0 Å². The molecule has 2 aromatic carbocycles. The summed E-state index contributed by atoms with van der Waals surface area (Å²) in [5, 5.41) is 42.0. The summed E-state index contributed by atoms with van der Waals surface area (Å²) < 4.78 is 27.8. The number of aryl methyl sites for hydroxylation is 1. The highest BCUT2D eigenvalue weighted by Gasteiger charge is 2.33. The lowest BCUT2D eigenvalue weighted by atomic mass is 10.0. The molecule has 2 heterocycles. The first-order valence-electron chi connectivity index (χ1n) is 12.1. The number of aliphatic carboxylic acids is 1. The van der Waals surface area contributed by atoms with E-state index in [-0.39, 0.29) is 36.3 Å². The fourth-order valence-electron chi connectivity index (χ4n) is 4.79. The summed E-state index contributed by atoms with van der Waals surface area (Å²) in [4.78, 5) is 12.7. The maximum atomic E-state index is 13.2. The van der Waals surface area contributed by atoms with E-state index in [0.29, 0.717) is 19.5 Å². The van der Waals surface area contributed by atoms with Gasteiger partial charge in [0.1, 0.15) is 16.7 Å². The Labute approximate surface area is 210 Å². The summed E-state index contributed by atoms with van der Waals surface area (Å²) >= 11 is 0. The monoisotopic (exact) mass is 519 g/mol. The summed E-state index contributed by atoms with van der Waals surface area (Å²) in [5.41, 5.74) is 3.60. The number of aliphatic hydroxyl groups excluding tert-OH is 2. The lowest BCUT2D eigenvalue weighted by Gasteiger charge is -2.34. The van der Waals surface area contributed by atoms with Crippen molar-refractivity contribution in [2.24, 2.45) is 0 Å². The third-order valence-electron chi connectivity index (χ3n) is 6.97. The SMILES string of the molecule is CCc1ccc(S(=O)(=O)N2Cc3ccc(NC4CCN(CC(O)C(O)C(=O)O)CC4)cc3C2)c(O)c1. The number of hydrogen-bond acceptors (Lipinski definition) is 8. The minimum absolute atomic E-state index is 0.0846. The number of sulfonamides is 1. The number of carboxylic acids is 1. The number of aromatic hydroxyl groups is 1. The zero-order chi connectivity index (χ0) is 26.0. The topological polar surface area (TPSA) is 151 Å². The Balaban J connectivity index is 1.35. The summed E-state index contributed by atoms with van der Waals surface area (Å²) in [6, 6.07) is 10.7. The molecule has 2 aliphatic rings. The molecule has 1 fully saturated rings. The molecule has 2 aliphatic heterocycles. The number of carbonyl (C=O) groups is 1. The molecule has 0 spiro atoms. The normalized spacial score (nSPS) is 19.1. The minimum Gasteiger partial charge on any atom is -0.507 e. The number of likely N-dealkylation sites (tertiary alicyclic amines) is 1. The van der Waals surface area contributed by atoms with Gasteiger partial charge >= 0.3 is 5.97 Å². The van der Waals surface area contributed by atoms with Gasteiger partial charge in [-0.15, -0.1) is 0 Å². The molecule has 4 rings (SSSR count). The van der Waals surface area contributed by atoms with Crippen molar-refractivity contribution in [2.45, 2.75) is 62.4 Å². The molecular weight excluding hydrogens is 486 g/mol. The van der Waals surface area contributed by atoms with Gasteiger partial charge < -0.3 is 30.6 Å². The van der Waals surface area contributed by atoms with Crippen molar-refractivity contribution < 1.29 is 33.6 Å². The molecule has 36 heavy (non-hydrogen) atoms. The van der Waals surface area contributed by atoms with E-state index in [1.165, 1.54) is 16.4 Å². The second kappa shape index (κ2) is 10.7. The van der Waals surface area contributed by atoms with Gasteiger partial charge in [-0.1, -0.05) is 19.1 Å². The van der Waals surface area contributed by atoms with Gasteiger partial charge in [0.15, 0.2) is 6.10 Å². The number of carboxylic acid groups (broad SMARTS) is 1. The Morgan fingerprint density at radius 3 is 2.42 bits per heavy atom. The lowest BCUT2D eigenvalue weighted by molar-refractivity contribution is -0.153. The van der Waals surface area contributed by atoms with Crippen molar-refractivity contribution in [1.82, 2.24) is 9.21 Å². The molecule has 0 saturated carbocycles. The Morgan fingerprint density at radius 1 is 1.08 bits per heavy atom. The molecule has 0 radical (unpaired) electrons. The lowest BCUT2D eigenvalue weighted by Crippen LogP contribution is -2.47. The van der Waals surface area contributed by atoms with Gasteiger partial charge in [-0.2, -0.15) is 4.31 Å². The largest absolute Gasteiger partial charge is 0.507 e. The van der Waals surface area contributed by atoms with Crippen LogP contribution in [0.1, 0.15) is 36.5 Å². The molecule has 196 valence electrons. The highest BCUT2D eigenvalue weighted by Crippen LogP contribution is 2.34. The number of aliphatic hydroxyl groups is 2. The Kier molecular flexibility index (Phi) is 7.86. The molecule has 0 bridgehead atoms. The molecule has 5 N–H and O–H groups in total. The van der Waals surface area contributed by atoms with Gasteiger partial charge in [0.2, 0.25) is 10.0 Å². The fourth-order valence-corrected chi connectivity index (χ4v) is 6.25.